The van der Waals surface area contributed by atoms with Gasteiger partial charge < -0.3 is 4.74 Å². The van der Waals surface area contributed by atoms with Crippen molar-refractivity contribution in [2.24, 2.45) is 5.92 Å². The van der Waals surface area contributed by atoms with E-state index in [0.717, 1.165) is 36.3 Å². The zero-order valence-electron chi connectivity index (χ0n) is 12.7. The highest BCUT2D eigenvalue weighted by molar-refractivity contribution is 7.14. The maximum absolute atomic E-state index is 13.3. The Balaban J connectivity index is 1.63. The number of halogens is 2. The van der Waals surface area contributed by atoms with Crippen LogP contribution in [0.15, 0.2) is 23.6 Å². The average molecular weight is 352 g/mol. The van der Waals surface area contributed by atoms with Gasteiger partial charge in [-0.2, -0.15) is 0 Å². The molecule has 5 nitrogen and oxygen atoms in total. The number of thiazole rings is 1. The van der Waals surface area contributed by atoms with Crippen LogP contribution in [0.5, 0.6) is 0 Å². The van der Waals surface area contributed by atoms with Gasteiger partial charge in [0.25, 0.3) is 5.91 Å². The van der Waals surface area contributed by atoms with Crippen LogP contribution in [0.3, 0.4) is 0 Å². The molecule has 1 saturated carbocycles. The summed E-state index contributed by atoms with van der Waals surface area (Å²) >= 11 is 1.14. The number of hydrogen-bond acceptors (Lipinski definition) is 5. The van der Waals surface area contributed by atoms with E-state index >= 15 is 0 Å². The van der Waals surface area contributed by atoms with Gasteiger partial charge in [0.2, 0.25) is 0 Å². The van der Waals surface area contributed by atoms with E-state index in [-0.39, 0.29) is 17.0 Å². The Morgan fingerprint density at radius 2 is 2.08 bits per heavy atom. The molecule has 2 aromatic rings. The number of anilines is 1. The Hall–Kier alpha value is -2.35. The van der Waals surface area contributed by atoms with E-state index in [0.29, 0.717) is 11.3 Å². The lowest BCUT2D eigenvalue weighted by atomic mass is 10.2. The molecule has 1 fully saturated rings. The third kappa shape index (κ3) is 3.76. The maximum atomic E-state index is 13.3. The molecule has 3 rings (SSSR count). The second kappa shape index (κ2) is 6.64. The van der Waals surface area contributed by atoms with E-state index in [4.69, 9.17) is 4.74 Å². The van der Waals surface area contributed by atoms with Crippen LogP contribution in [0.25, 0.3) is 11.3 Å². The fourth-order valence-corrected chi connectivity index (χ4v) is 2.69. The predicted molar refractivity (Wildman–Crippen MR) is 84.4 cm³/mol. The normalized spacial score (nSPS) is 15.0. The lowest BCUT2D eigenvalue weighted by molar-refractivity contribution is -0.154. The van der Waals surface area contributed by atoms with E-state index in [1.807, 2.05) is 0 Å². The van der Waals surface area contributed by atoms with Gasteiger partial charge in [0.05, 0.1) is 11.6 Å². The Morgan fingerprint density at radius 1 is 1.33 bits per heavy atom. The van der Waals surface area contributed by atoms with Gasteiger partial charge in [0.1, 0.15) is 0 Å². The highest BCUT2D eigenvalue weighted by Crippen LogP contribution is 2.30. The molecule has 24 heavy (non-hydrogen) atoms. The first-order chi connectivity index (χ1) is 11.4. The van der Waals surface area contributed by atoms with Gasteiger partial charge in [-0.25, -0.2) is 13.8 Å². The standard InChI is InChI=1S/C16H14F2N2O3S/c1-8(23-15(22)9-2-3-9)14(21)20-16-19-13(7-24-16)10-4-5-11(17)12(18)6-10/h4-9H,2-3H2,1H3,(H,19,20,21). The number of carbonyl (C=O) groups excluding carboxylic acids is 2. The van der Waals surface area contributed by atoms with E-state index in [1.165, 1.54) is 13.0 Å². The Morgan fingerprint density at radius 3 is 2.75 bits per heavy atom. The Bertz CT molecular complexity index is 789. The van der Waals surface area contributed by atoms with E-state index in [9.17, 15) is 18.4 Å². The summed E-state index contributed by atoms with van der Waals surface area (Å²) in [5.74, 6) is -2.84. The molecule has 0 bridgehead atoms. The summed E-state index contributed by atoms with van der Waals surface area (Å²) < 4.78 is 31.3. The molecule has 0 aliphatic heterocycles. The van der Waals surface area contributed by atoms with E-state index in [2.05, 4.69) is 10.3 Å². The summed E-state index contributed by atoms with van der Waals surface area (Å²) in [6.07, 6.45) is 0.683. The molecule has 1 amide bonds. The zero-order valence-corrected chi connectivity index (χ0v) is 13.5. The second-order valence-corrected chi connectivity index (χ2v) is 6.37. The maximum Gasteiger partial charge on any atom is 0.309 e. The fourth-order valence-electron chi connectivity index (χ4n) is 1.97. The number of ether oxygens (including phenoxy) is 1. The number of benzene rings is 1. The first-order valence-electron chi connectivity index (χ1n) is 7.36. The average Bonchev–Trinajstić information content (AvgIpc) is 3.30. The largest absolute Gasteiger partial charge is 0.452 e. The zero-order chi connectivity index (χ0) is 17.3. The minimum Gasteiger partial charge on any atom is -0.452 e. The molecule has 126 valence electrons. The Labute approximate surface area is 140 Å². The summed E-state index contributed by atoms with van der Waals surface area (Å²) in [6.45, 7) is 1.49. The molecule has 1 atom stereocenters. The molecule has 1 aromatic heterocycles. The first kappa shape index (κ1) is 16.5. The molecule has 0 saturated heterocycles. The van der Waals surface area contributed by atoms with Crippen molar-refractivity contribution < 1.29 is 23.1 Å². The lowest BCUT2D eigenvalue weighted by Gasteiger charge is -2.11. The van der Waals surface area contributed by atoms with Gasteiger partial charge in [-0.3, -0.25) is 14.9 Å². The van der Waals surface area contributed by atoms with Crippen molar-refractivity contribution in [1.29, 1.82) is 0 Å². The number of amides is 1. The smallest absolute Gasteiger partial charge is 0.309 e. The number of carbonyl (C=O) groups is 2. The third-order valence-corrected chi connectivity index (χ3v) is 4.28. The van der Waals surface area contributed by atoms with Crippen LogP contribution < -0.4 is 5.32 Å². The van der Waals surface area contributed by atoms with Crippen LogP contribution in [0.2, 0.25) is 0 Å². The molecule has 1 unspecified atom stereocenters. The fraction of sp³-hybridized carbons (Fsp3) is 0.312. The van der Waals surface area contributed by atoms with Gasteiger partial charge in [0, 0.05) is 10.9 Å². The minimum atomic E-state index is -0.966. The number of rotatable bonds is 5. The molecule has 1 N–H and O–H groups in total. The SMILES string of the molecule is CC(OC(=O)C1CC1)C(=O)Nc1nc(-c2ccc(F)c(F)c2)cs1. The molecule has 8 heteroatoms. The summed E-state index contributed by atoms with van der Waals surface area (Å²) in [5, 5.41) is 4.45. The van der Waals surface area contributed by atoms with Crippen molar-refractivity contribution in [3.63, 3.8) is 0 Å². The molecule has 0 radical (unpaired) electrons. The summed E-state index contributed by atoms with van der Waals surface area (Å²) in [7, 11) is 0. The molecule has 1 aliphatic rings. The lowest BCUT2D eigenvalue weighted by Crippen LogP contribution is -2.30. The quantitative estimate of drug-likeness (QED) is 0.838. The minimum absolute atomic E-state index is 0.0833. The predicted octanol–water partition coefficient (Wildman–Crippen LogP) is 3.37. The number of hydrogen-bond donors (Lipinski definition) is 1. The summed E-state index contributed by atoms with van der Waals surface area (Å²) in [4.78, 5) is 27.7. The Kier molecular flexibility index (Phi) is 4.57. The van der Waals surface area contributed by atoms with Crippen molar-refractivity contribution in [2.75, 3.05) is 5.32 Å². The highest BCUT2D eigenvalue weighted by atomic mass is 32.1. The molecule has 1 heterocycles. The van der Waals surface area contributed by atoms with Crippen molar-refractivity contribution >= 4 is 28.3 Å². The first-order valence-corrected chi connectivity index (χ1v) is 8.24. The van der Waals surface area contributed by atoms with Gasteiger partial charge in [-0.15, -0.1) is 11.3 Å². The van der Waals surface area contributed by atoms with Crippen LogP contribution in [-0.2, 0) is 14.3 Å². The van der Waals surface area contributed by atoms with E-state index < -0.39 is 23.6 Å². The van der Waals surface area contributed by atoms with Gasteiger partial charge in [0.15, 0.2) is 22.9 Å². The molecule has 1 aliphatic carbocycles. The number of esters is 1. The van der Waals surface area contributed by atoms with Gasteiger partial charge in [-0.05, 0) is 38.0 Å². The number of nitrogens with one attached hydrogen (secondary N) is 1. The molecule has 1 aromatic carbocycles. The van der Waals surface area contributed by atoms with Crippen molar-refractivity contribution in [3.05, 3.63) is 35.2 Å². The number of aromatic nitrogens is 1. The van der Waals surface area contributed by atoms with E-state index in [1.54, 1.807) is 5.38 Å². The third-order valence-electron chi connectivity index (χ3n) is 3.52. The van der Waals surface area contributed by atoms with Crippen molar-refractivity contribution in [1.82, 2.24) is 4.98 Å². The molecular formula is C16H14F2N2O3S. The van der Waals surface area contributed by atoms with Crippen LogP contribution in [0, 0.1) is 17.6 Å². The highest BCUT2D eigenvalue weighted by Gasteiger charge is 2.33. The van der Waals surface area contributed by atoms with Crippen molar-refractivity contribution in [2.45, 2.75) is 25.9 Å². The van der Waals surface area contributed by atoms with Gasteiger partial charge in [-0.1, -0.05) is 0 Å². The molecule has 0 spiro atoms. The van der Waals surface area contributed by atoms with Crippen LogP contribution >= 0.6 is 11.3 Å². The molecular weight excluding hydrogens is 338 g/mol. The number of nitrogens with zero attached hydrogens (tertiary/aromatic N) is 1. The second-order valence-electron chi connectivity index (χ2n) is 5.51. The van der Waals surface area contributed by atoms with Crippen LogP contribution in [-0.4, -0.2) is 23.0 Å². The van der Waals surface area contributed by atoms with Crippen molar-refractivity contribution in [3.8, 4) is 11.3 Å². The van der Waals surface area contributed by atoms with Crippen LogP contribution in [0.4, 0.5) is 13.9 Å². The monoisotopic (exact) mass is 352 g/mol. The summed E-state index contributed by atoms with van der Waals surface area (Å²) in [5.41, 5.74) is 0.815. The topological polar surface area (TPSA) is 68.3 Å². The summed E-state index contributed by atoms with van der Waals surface area (Å²) in [6, 6.07) is 3.46. The van der Waals surface area contributed by atoms with Gasteiger partial charge >= 0.3 is 5.97 Å². The van der Waals surface area contributed by atoms with Crippen LogP contribution in [0.1, 0.15) is 19.8 Å².